The fourth-order valence-corrected chi connectivity index (χ4v) is 3.56. The Balaban J connectivity index is 1.33. The third-order valence-corrected chi connectivity index (χ3v) is 4.99. The van der Waals surface area contributed by atoms with Crippen molar-refractivity contribution in [2.45, 2.75) is 6.54 Å². The lowest BCUT2D eigenvalue weighted by Gasteiger charge is -2.38. The Morgan fingerprint density at radius 1 is 1.00 bits per heavy atom. The number of hydrogen-bond donors (Lipinski definition) is 1. The van der Waals surface area contributed by atoms with Crippen molar-refractivity contribution in [3.8, 4) is 0 Å². The number of carbonyl (C=O) groups excluding carboxylic acids is 1. The van der Waals surface area contributed by atoms with Gasteiger partial charge in [-0.2, -0.15) is 0 Å². The number of aromatic nitrogens is 1. The maximum atomic E-state index is 12.5. The second-order valence-electron chi connectivity index (χ2n) is 6.50. The lowest BCUT2D eigenvalue weighted by molar-refractivity contribution is 0.0373. The van der Waals surface area contributed by atoms with Gasteiger partial charge in [0.05, 0.1) is 13.2 Å². The van der Waals surface area contributed by atoms with E-state index in [1.807, 2.05) is 9.80 Å². The van der Waals surface area contributed by atoms with Crippen LogP contribution < -0.4 is 0 Å². The molecule has 2 fully saturated rings. The fourth-order valence-electron chi connectivity index (χ4n) is 3.56. The predicted molar refractivity (Wildman–Crippen MR) is 92.9 cm³/mol. The molecule has 4 rings (SSSR count). The molecule has 0 atom stereocenters. The quantitative estimate of drug-likeness (QED) is 0.914. The van der Waals surface area contributed by atoms with Gasteiger partial charge in [0.25, 0.3) is 0 Å². The molecule has 1 aromatic carbocycles. The second kappa shape index (κ2) is 6.83. The summed E-state index contributed by atoms with van der Waals surface area (Å²) >= 11 is 0. The zero-order chi connectivity index (χ0) is 16.4. The van der Waals surface area contributed by atoms with Gasteiger partial charge in [0.2, 0.25) is 0 Å². The summed E-state index contributed by atoms with van der Waals surface area (Å²) < 4.78 is 5.32. The third kappa shape index (κ3) is 3.12. The molecule has 2 amide bonds. The number of benzene rings is 1. The summed E-state index contributed by atoms with van der Waals surface area (Å²) in [5.74, 6) is 0. The first-order valence-corrected chi connectivity index (χ1v) is 8.70. The molecule has 0 radical (unpaired) electrons. The van der Waals surface area contributed by atoms with Gasteiger partial charge >= 0.3 is 6.03 Å². The van der Waals surface area contributed by atoms with Gasteiger partial charge in [0.1, 0.15) is 0 Å². The zero-order valence-electron chi connectivity index (χ0n) is 13.9. The molecule has 2 aliphatic heterocycles. The van der Waals surface area contributed by atoms with Crippen LogP contribution in [0.2, 0.25) is 0 Å². The van der Waals surface area contributed by atoms with Crippen LogP contribution in [0.4, 0.5) is 4.79 Å². The smallest absolute Gasteiger partial charge is 0.320 e. The molecule has 24 heavy (non-hydrogen) atoms. The minimum absolute atomic E-state index is 0.171. The highest BCUT2D eigenvalue weighted by molar-refractivity contribution is 5.83. The number of ether oxygens (including phenoxy) is 1. The minimum atomic E-state index is 0.171. The van der Waals surface area contributed by atoms with E-state index >= 15 is 0 Å². The number of morpholine rings is 1. The molecular weight excluding hydrogens is 304 g/mol. The fraction of sp³-hybridized carbons (Fsp3) is 0.500. The first-order valence-electron chi connectivity index (χ1n) is 8.70. The molecule has 2 aliphatic rings. The van der Waals surface area contributed by atoms with Crippen LogP contribution in [0, 0.1) is 0 Å². The molecule has 0 aliphatic carbocycles. The molecule has 128 valence electrons. The Kier molecular flexibility index (Phi) is 4.40. The van der Waals surface area contributed by atoms with E-state index in [2.05, 4.69) is 40.3 Å². The van der Waals surface area contributed by atoms with Crippen LogP contribution in [0.1, 0.15) is 5.56 Å². The second-order valence-corrected chi connectivity index (χ2v) is 6.50. The van der Waals surface area contributed by atoms with Crippen molar-refractivity contribution in [1.82, 2.24) is 19.7 Å². The standard InChI is InChI=1S/C18H24N4O2/c23-18(22-9-11-24-12-10-22)21-7-5-20(6-8-21)14-15-13-19-17-4-2-1-3-16(15)17/h1-4,13,19H,5-12,14H2. The average molecular weight is 328 g/mol. The molecule has 0 unspecified atom stereocenters. The summed E-state index contributed by atoms with van der Waals surface area (Å²) in [5.41, 5.74) is 2.52. The third-order valence-electron chi connectivity index (χ3n) is 4.99. The Labute approximate surface area is 142 Å². The number of piperazine rings is 1. The lowest BCUT2D eigenvalue weighted by atomic mass is 10.1. The monoisotopic (exact) mass is 328 g/mol. The van der Waals surface area contributed by atoms with Gasteiger partial charge in [-0.1, -0.05) is 18.2 Å². The van der Waals surface area contributed by atoms with Gasteiger partial charge in [-0.05, 0) is 11.6 Å². The highest BCUT2D eigenvalue weighted by Crippen LogP contribution is 2.20. The number of aromatic amines is 1. The van der Waals surface area contributed by atoms with E-state index in [4.69, 9.17) is 4.74 Å². The Morgan fingerprint density at radius 2 is 1.71 bits per heavy atom. The van der Waals surface area contributed by atoms with Crippen molar-refractivity contribution in [2.75, 3.05) is 52.5 Å². The number of nitrogens with zero attached hydrogens (tertiary/aromatic N) is 3. The normalized spacial score (nSPS) is 19.8. The van der Waals surface area contributed by atoms with Crippen LogP contribution in [0.5, 0.6) is 0 Å². The van der Waals surface area contributed by atoms with E-state index in [-0.39, 0.29) is 6.03 Å². The largest absolute Gasteiger partial charge is 0.378 e. The first kappa shape index (κ1) is 15.5. The molecule has 2 aromatic rings. The number of H-pyrrole nitrogens is 1. The SMILES string of the molecule is O=C(N1CCOCC1)N1CCN(Cc2c[nH]c3ccccc23)CC1. The summed E-state index contributed by atoms with van der Waals surface area (Å²) in [6.07, 6.45) is 2.11. The van der Waals surface area contributed by atoms with Crippen molar-refractivity contribution < 1.29 is 9.53 Å². The van der Waals surface area contributed by atoms with Gasteiger partial charge in [-0.3, -0.25) is 4.90 Å². The van der Waals surface area contributed by atoms with E-state index in [1.165, 1.54) is 16.5 Å². The van der Waals surface area contributed by atoms with E-state index in [0.29, 0.717) is 26.3 Å². The highest BCUT2D eigenvalue weighted by Gasteiger charge is 2.26. The number of amides is 2. The molecule has 1 aromatic heterocycles. The van der Waals surface area contributed by atoms with Crippen molar-refractivity contribution in [3.05, 3.63) is 36.0 Å². The first-order chi connectivity index (χ1) is 11.8. The molecule has 0 saturated carbocycles. The zero-order valence-corrected chi connectivity index (χ0v) is 13.9. The van der Waals surface area contributed by atoms with Crippen molar-refractivity contribution in [1.29, 1.82) is 0 Å². The summed E-state index contributed by atoms with van der Waals surface area (Å²) in [6, 6.07) is 8.58. The number of para-hydroxylation sites is 1. The van der Waals surface area contributed by atoms with E-state index in [9.17, 15) is 4.79 Å². The van der Waals surface area contributed by atoms with Gasteiger partial charge in [-0.15, -0.1) is 0 Å². The number of urea groups is 1. The molecule has 3 heterocycles. The van der Waals surface area contributed by atoms with Crippen LogP contribution in [-0.4, -0.2) is 78.2 Å². The van der Waals surface area contributed by atoms with Crippen LogP contribution in [0.25, 0.3) is 10.9 Å². The average Bonchev–Trinajstić information content (AvgIpc) is 3.06. The summed E-state index contributed by atoms with van der Waals surface area (Å²) in [7, 11) is 0. The van der Waals surface area contributed by atoms with E-state index in [1.54, 1.807) is 0 Å². The Bertz CT molecular complexity index is 700. The molecule has 2 saturated heterocycles. The number of nitrogens with one attached hydrogen (secondary N) is 1. The predicted octanol–water partition coefficient (Wildman–Crippen LogP) is 1.74. The number of hydrogen-bond acceptors (Lipinski definition) is 3. The topological polar surface area (TPSA) is 51.8 Å². The summed E-state index contributed by atoms with van der Waals surface area (Å²) in [4.78, 5) is 22.2. The molecule has 0 bridgehead atoms. The molecular formula is C18H24N4O2. The highest BCUT2D eigenvalue weighted by atomic mass is 16.5. The number of fused-ring (bicyclic) bond motifs is 1. The van der Waals surface area contributed by atoms with Gasteiger partial charge < -0.3 is 19.5 Å². The molecule has 6 nitrogen and oxygen atoms in total. The number of carbonyl (C=O) groups is 1. The Hall–Kier alpha value is -2.05. The van der Waals surface area contributed by atoms with Crippen LogP contribution in [0.15, 0.2) is 30.5 Å². The Morgan fingerprint density at radius 3 is 2.50 bits per heavy atom. The molecule has 1 N–H and O–H groups in total. The van der Waals surface area contributed by atoms with Gasteiger partial charge in [-0.25, -0.2) is 4.79 Å². The minimum Gasteiger partial charge on any atom is -0.378 e. The van der Waals surface area contributed by atoms with E-state index in [0.717, 1.165) is 32.7 Å². The van der Waals surface area contributed by atoms with Gasteiger partial charge in [0, 0.05) is 62.9 Å². The van der Waals surface area contributed by atoms with Crippen LogP contribution in [0.3, 0.4) is 0 Å². The molecule has 0 spiro atoms. The van der Waals surface area contributed by atoms with Crippen molar-refractivity contribution >= 4 is 16.9 Å². The number of rotatable bonds is 2. The van der Waals surface area contributed by atoms with Crippen LogP contribution >= 0.6 is 0 Å². The lowest BCUT2D eigenvalue weighted by Crippen LogP contribution is -2.54. The maximum absolute atomic E-state index is 12.5. The van der Waals surface area contributed by atoms with Crippen molar-refractivity contribution in [2.24, 2.45) is 0 Å². The summed E-state index contributed by atoms with van der Waals surface area (Å²) in [5, 5.41) is 1.30. The maximum Gasteiger partial charge on any atom is 0.320 e. The summed E-state index contributed by atoms with van der Waals surface area (Å²) in [6.45, 7) is 7.15. The van der Waals surface area contributed by atoms with Crippen LogP contribution in [-0.2, 0) is 11.3 Å². The van der Waals surface area contributed by atoms with Crippen molar-refractivity contribution in [3.63, 3.8) is 0 Å². The molecule has 6 heteroatoms. The van der Waals surface area contributed by atoms with Gasteiger partial charge in [0.15, 0.2) is 0 Å². The van der Waals surface area contributed by atoms with E-state index < -0.39 is 0 Å².